The van der Waals surface area contributed by atoms with Crippen molar-refractivity contribution in [3.05, 3.63) is 30.1 Å². The number of rotatable bonds is 3. The third kappa shape index (κ3) is 2.86. The fourth-order valence-corrected chi connectivity index (χ4v) is 1.12. The quantitative estimate of drug-likeness (QED) is 0.663. The van der Waals surface area contributed by atoms with E-state index in [0.717, 1.165) is 5.56 Å². The van der Waals surface area contributed by atoms with E-state index in [1.54, 1.807) is 12.4 Å². The normalized spacial score (nSPS) is 12.2. The van der Waals surface area contributed by atoms with Crippen molar-refractivity contribution < 1.29 is 9.53 Å². The van der Waals surface area contributed by atoms with Crippen molar-refractivity contribution in [1.29, 1.82) is 0 Å². The number of nitrogens with zero attached hydrogens (tertiary/aromatic N) is 1. The van der Waals surface area contributed by atoms with Gasteiger partial charge in [-0.1, -0.05) is 13.0 Å². The van der Waals surface area contributed by atoms with Crippen molar-refractivity contribution in [2.75, 3.05) is 7.11 Å². The average Bonchev–Trinajstić information content (AvgIpc) is 2.19. The highest BCUT2D eigenvalue weighted by Gasteiger charge is 2.10. The van der Waals surface area contributed by atoms with Crippen molar-refractivity contribution in [3.8, 4) is 0 Å². The van der Waals surface area contributed by atoms with Crippen LogP contribution >= 0.6 is 0 Å². The smallest absolute Gasteiger partial charge is 0.306 e. The Labute approximate surface area is 77.8 Å². The Hall–Kier alpha value is -1.38. The van der Waals surface area contributed by atoms with Crippen LogP contribution in [0.25, 0.3) is 0 Å². The predicted molar refractivity (Wildman–Crippen MR) is 49.3 cm³/mol. The summed E-state index contributed by atoms with van der Waals surface area (Å²) in [6.07, 6.45) is 3.89. The number of ether oxygens (including phenoxy) is 1. The fourth-order valence-electron chi connectivity index (χ4n) is 1.12. The number of carbonyl (C=O) groups is 1. The average molecular weight is 179 g/mol. The molecule has 0 fully saturated rings. The molecule has 0 radical (unpaired) electrons. The lowest BCUT2D eigenvalue weighted by atomic mass is 10.00. The molecule has 0 aliphatic heterocycles. The maximum Gasteiger partial charge on any atom is 0.306 e. The van der Waals surface area contributed by atoms with Crippen LogP contribution in [0.4, 0.5) is 0 Å². The van der Waals surface area contributed by atoms with Gasteiger partial charge in [0.05, 0.1) is 13.5 Å². The van der Waals surface area contributed by atoms with E-state index in [-0.39, 0.29) is 11.9 Å². The molecule has 0 saturated carbocycles. The predicted octanol–water partition coefficient (Wildman–Crippen LogP) is 1.75. The van der Waals surface area contributed by atoms with Gasteiger partial charge in [-0.2, -0.15) is 0 Å². The van der Waals surface area contributed by atoms with Gasteiger partial charge in [-0.25, -0.2) is 0 Å². The Bertz CT molecular complexity index is 272. The van der Waals surface area contributed by atoms with Gasteiger partial charge in [-0.05, 0) is 17.5 Å². The fraction of sp³-hybridized carbons (Fsp3) is 0.400. The summed E-state index contributed by atoms with van der Waals surface area (Å²) in [6, 6.07) is 3.82. The van der Waals surface area contributed by atoms with Crippen LogP contribution in [0.1, 0.15) is 24.8 Å². The van der Waals surface area contributed by atoms with Gasteiger partial charge in [0.1, 0.15) is 0 Å². The lowest BCUT2D eigenvalue weighted by molar-refractivity contribution is -0.140. The minimum atomic E-state index is -0.184. The van der Waals surface area contributed by atoms with Gasteiger partial charge in [0.2, 0.25) is 0 Å². The van der Waals surface area contributed by atoms with E-state index in [2.05, 4.69) is 9.72 Å². The molecule has 0 bridgehead atoms. The molecule has 3 heteroatoms. The zero-order valence-corrected chi connectivity index (χ0v) is 7.86. The Balaban J connectivity index is 2.59. The SMILES string of the molecule is COC(=O)C[C@@H](C)c1cccnc1. The highest BCUT2D eigenvalue weighted by Crippen LogP contribution is 2.17. The van der Waals surface area contributed by atoms with Gasteiger partial charge >= 0.3 is 5.97 Å². The molecule has 1 aromatic heterocycles. The molecule has 3 nitrogen and oxygen atoms in total. The van der Waals surface area contributed by atoms with E-state index >= 15 is 0 Å². The minimum absolute atomic E-state index is 0.168. The number of methoxy groups -OCH3 is 1. The molecule has 0 unspecified atom stereocenters. The van der Waals surface area contributed by atoms with Gasteiger partial charge in [-0.15, -0.1) is 0 Å². The Kier molecular flexibility index (Phi) is 3.43. The van der Waals surface area contributed by atoms with Gasteiger partial charge in [-0.3, -0.25) is 9.78 Å². The van der Waals surface area contributed by atoms with Crippen LogP contribution in [0.15, 0.2) is 24.5 Å². The summed E-state index contributed by atoms with van der Waals surface area (Å²) in [5.74, 6) is -0.0162. The number of pyridine rings is 1. The van der Waals surface area contributed by atoms with Gasteiger partial charge < -0.3 is 4.74 Å². The standard InChI is InChI=1S/C10H13NO2/c1-8(6-10(12)13-2)9-4-3-5-11-7-9/h3-5,7-8H,6H2,1-2H3/t8-/m1/s1. The maximum atomic E-state index is 11.0. The summed E-state index contributed by atoms with van der Waals surface area (Å²) in [4.78, 5) is 14.9. The Morgan fingerprint density at radius 2 is 2.46 bits per heavy atom. The molecule has 13 heavy (non-hydrogen) atoms. The number of hydrogen-bond donors (Lipinski definition) is 0. The second-order valence-electron chi connectivity index (χ2n) is 2.97. The molecule has 0 aliphatic carbocycles. The summed E-state index contributed by atoms with van der Waals surface area (Å²) in [6.45, 7) is 1.98. The topological polar surface area (TPSA) is 39.2 Å². The summed E-state index contributed by atoms with van der Waals surface area (Å²) < 4.78 is 4.58. The monoisotopic (exact) mass is 179 g/mol. The van der Waals surface area contributed by atoms with Gasteiger partial charge in [0.15, 0.2) is 0 Å². The van der Waals surface area contributed by atoms with Crippen LogP contribution in [0, 0.1) is 0 Å². The third-order valence-electron chi connectivity index (χ3n) is 1.95. The van der Waals surface area contributed by atoms with Crippen LogP contribution in [0.2, 0.25) is 0 Å². The lowest BCUT2D eigenvalue weighted by Crippen LogP contribution is -2.05. The molecule has 1 rings (SSSR count). The molecule has 0 saturated heterocycles. The second kappa shape index (κ2) is 4.60. The van der Waals surface area contributed by atoms with Crippen molar-refractivity contribution in [1.82, 2.24) is 4.98 Å². The van der Waals surface area contributed by atoms with E-state index in [1.165, 1.54) is 7.11 Å². The molecular formula is C10H13NO2. The van der Waals surface area contributed by atoms with Crippen LogP contribution in [-0.2, 0) is 9.53 Å². The molecule has 1 heterocycles. The summed E-state index contributed by atoms with van der Waals surface area (Å²) in [5, 5.41) is 0. The summed E-state index contributed by atoms with van der Waals surface area (Å²) in [7, 11) is 1.40. The molecular weight excluding hydrogens is 166 g/mol. The molecule has 0 spiro atoms. The number of aromatic nitrogens is 1. The minimum Gasteiger partial charge on any atom is -0.469 e. The van der Waals surface area contributed by atoms with Crippen molar-refractivity contribution in [3.63, 3.8) is 0 Å². The third-order valence-corrected chi connectivity index (χ3v) is 1.95. The first kappa shape index (κ1) is 9.71. The second-order valence-corrected chi connectivity index (χ2v) is 2.97. The van der Waals surface area contributed by atoms with Crippen molar-refractivity contribution >= 4 is 5.97 Å². The van der Waals surface area contributed by atoms with E-state index in [9.17, 15) is 4.79 Å². The van der Waals surface area contributed by atoms with Crippen LogP contribution in [0.3, 0.4) is 0 Å². The van der Waals surface area contributed by atoms with Crippen LogP contribution < -0.4 is 0 Å². The number of esters is 1. The summed E-state index contributed by atoms with van der Waals surface area (Å²) in [5.41, 5.74) is 1.06. The van der Waals surface area contributed by atoms with Gasteiger partial charge in [0, 0.05) is 12.4 Å². The molecule has 1 atom stereocenters. The van der Waals surface area contributed by atoms with Crippen LogP contribution in [-0.4, -0.2) is 18.1 Å². The van der Waals surface area contributed by atoms with E-state index in [1.807, 2.05) is 19.1 Å². The first-order valence-corrected chi connectivity index (χ1v) is 4.20. The maximum absolute atomic E-state index is 11.0. The zero-order valence-electron chi connectivity index (χ0n) is 7.86. The zero-order chi connectivity index (χ0) is 9.68. The Morgan fingerprint density at radius 1 is 1.69 bits per heavy atom. The molecule has 1 aromatic rings. The van der Waals surface area contributed by atoms with E-state index < -0.39 is 0 Å². The molecule has 0 N–H and O–H groups in total. The number of carbonyl (C=O) groups excluding carboxylic acids is 1. The number of hydrogen-bond acceptors (Lipinski definition) is 3. The van der Waals surface area contributed by atoms with Crippen molar-refractivity contribution in [2.45, 2.75) is 19.3 Å². The molecule has 0 aliphatic rings. The Morgan fingerprint density at radius 3 is 3.00 bits per heavy atom. The highest BCUT2D eigenvalue weighted by molar-refractivity contribution is 5.70. The largest absolute Gasteiger partial charge is 0.469 e. The lowest BCUT2D eigenvalue weighted by Gasteiger charge is -2.08. The van der Waals surface area contributed by atoms with Crippen molar-refractivity contribution in [2.24, 2.45) is 0 Å². The van der Waals surface area contributed by atoms with E-state index in [4.69, 9.17) is 0 Å². The first-order valence-electron chi connectivity index (χ1n) is 4.20. The first-order chi connectivity index (χ1) is 6.24. The van der Waals surface area contributed by atoms with E-state index in [0.29, 0.717) is 6.42 Å². The van der Waals surface area contributed by atoms with Crippen LogP contribution in [0.5, 0.6) is 0 Å². The van der Waals surface area contributed by atoms with Gasteiger partial charge in [0.25, 0.3) is 0 Å². The molecule has 0 amide bonds. The highest BCUT2D eigenvalue weighted by atomic mass is 16.5. The molecule has 70 valence electrons. The summed E-state index contributed by atoms with van der Waals surface area (Å²) >= 11 is 0. The molecule has 0 aromatic carbocycles.